The minimum atomic E-state index is -0.299. The van der Waals surface area contributed by atoms with E-state index < -0.39 is 0 Å². The molecule has 1 aromatic carbocycles. The highest BCUT2D eigenvalue weighted by atomic mass is 19.1. The molecule has 0 spiro atoms. The third-order valence-electron chi connectivity index (χ3n) is 4.75. The second kappa shape index (κ2) is 7.68. The summed E-state index contributed by atoms with van der Waals surface area (Å²) < 4.78 is 13.2. The number of carbonyl (C=O) groups excluding carboxylic acids is 2. The van der Waals surface area contributed by atoms with Gasteiger partial charge >= 0.3 is 0 Å². The minimum absolute atomic E-state index is 0.00256. The van der Waals surface area contributed by atoms with Gasteiger partial charge in [-0.15, -0.1) is 0 Å². The zero-order chi connectivity index (χ0) is 18.7. The third kappa shape index (κ3) is 3.92. The maximum absolute atomic E-state index is 13.2. The van der Waals surface area contributed by atoms with E-state index in [-0.39, 0.29) is 41.8 Å². The number of aromatic nitrogens is 2. The van der Waals surface area contributed by atoms with E-state index in [1.807, 2.05) is 18.7 Å². The van der Waals surface area contributed by atoms with Crippen molar-refractivity contribution in [3.63, 3.8) is 0 Å². The molecule has 2 amide bonds. The molecule has 138 valence electrons. The molecule has 26 heavy (non-hydrogen) atoms. The summed E-state index contributed by atoms with van der Waals surface area (Å²) in [5.41, 5.74) is 0.871. The highest BCUT2D eigenvalue weighted by Crippen LogP contribution is 2.22. The molecule has 1 aliphatic rings. The van der Waals surface area contributed by atoms with E-state index in [1.165, 1.54) is 18.3 Å². The number of aromatic amines is 1. The average molecular weight is 358 g/mol. The van der Waals surface area contributed by atoms with Crippen LogP contribution in [0.2, 0.25) is 0 Å². The van der Waals surface area contributed by atoms with Gasteiger partial charge in [-0.2, -0.15) is 0 Å². The quantitative estimate of drug-likeness (QED) is 0.913. The van der Waals surface area contributed by atoms with Crippen molar-refractivity contribution >= 4 is 11.8 Å². The molecule has 1 fully saturated rings. The summed E-state index contributed by atoms with van der Waals surface area (Å²) >= 11 is 0. The lowest BCUT2D eigenvalue weighted by atomic mass is 10.0. The number of benzene rings is 1. The molecule has 0 bridgehead atoms. The van der Waals surface area contributed by atoms with Crippen LogP contribution in [-0.4, -0.2) is 50.7 Å². The fourth-order valence-electron chi connectivity index (χ4n) is 3.25. The van der Waals surface area contributed by atoms with Crippen LogP contribution in [0.15, 0.2) is 36.7 Å². The first kappa shape index (κ1) is 18.1. The van der Waals surface area contributed by atoms with E-state index in [9.17, 15) is 14.0 Å². The number of hydrogen-bond donors (Lipinski definition) is 1. The summed E-state index contributed by atoms with van der Waals surface area (Å²) in [7, 11) is 0. The summed E-state index contributed by atoms with van der Waals surface area (Å²) in [4.78, 5) is 35.8. The van der Waals surface area contributed by atoms with Crippen LogP contribution in [0.25, 0.3) is 0 Å². The summed E-state index contributed by atoms with van der Waals surface area (Å²) in [6.07, 6.45) is 3.41. The van der Waals surface area contributed by atoms with E-state index in [1.54, 1.807) is 23.2 Å². The van der Waals surface area contributed by atoms with Gasteiger partial charge in [0.05, 0.1) is 6.04 Å². The number of nitrogens with zero attached hydrogens (tertiary/aromatic N) is 3. The standard InChI is InChI=1S/C19H23FN4O2/c1-13(2)16-12-23(19(26)18-21-8-9-22-18)10-7-17(25)24(16)11-14-3-5-15(20)6-4-14/h3-6,8-9,13,16H,7,10-12H2,1-2H3,(H,21,22)/t16-/m1/s1. The molecule has 1 atom stereocenters. The molecule has 2 heterocycles. The summed E-state index contributed by atoms with van der Waals surface area (Å²) in [6, 6.07) is 6.06. The summed E-state index contributed by atoms with van der Waals surface area (Å²) in [6.45, 7) is 5.29. The van der Waals surface area contributed by atoms with Crippen LogP contribution in [0.3, 0.4) is 0 Å². The van der Waals surface area contributed by atoms with Crippen molar-refractivity contribution in [3.8, 4) is 0 Å². The number of rotatable bonds is 4. The van der Waals surface area contributed by atoms with Gasteiger partial charge < -0.3 is 14.8 Å². The van der Waals surface area contributed by atoms with E-state index in [4.69, 9.17) is 0 Å². The normalized spacial score (nSPS) is 18.3. The lowest BCUT2D eigenvalue weighted by molar-refractivity contribution is -0.134. The Morgan fingerprint density at radius 3 is 2.69 bits per heavy atom. The molecule has 1 N–H and O–H groups in total. The monoisotopic (exact) mass is 358 g/mol. The molecule has 0 saturated carbocycles. The molecule has 2 aromatic rings. The molecule has 1 aliphatic heterocycles. The van der Waals surface area contributed by atoms with Crippen LogP contribution in [-0.2, 0) is 11.3 Å². The van der Waals surface area contributed by atoms with Crippen molar-refractivity contribution in [3.05, 3.63) is 53.9 Å². The first-order chi connectivity index (χ1) is 12.5. The van der Waals surface area contributed by atoms with Gasteiger partial charge in [-0.05, 0) is 23.6 Å². The number of H-pyrrole nitrogens is 1. The van der Waals surface area contributed by atoms with Crippen molar-refractivity contribution < 1.29 is 14.0 Å². The average Bonchev–Trinajstić information content (AvgIpc) is 3.10. The summed E-state index contributed by atoms with van der Waals surface area (Å²) in [5.74, 6) is -0.0391. The van der Waals surface area contributed by atoms with Crippen LogP contribution in [0.1, 0.15) is 36.5 Å². The zero-order valence-electron chi connectivity index (χ0n) is 15.0. The molecule has 1 saturated heterocycles. The molecule has 0 radical (unpaired) electrons. The van der Waals surface area contributed by atoms with Crippen molar-refractivity contribution in [1.82, 2.24) is 19.8 Å². The van der Waals surface area contributed by atoms with Gasteiger partial charge in [0.25, 0.3) is 5.91 Å². The largest absolute Gasteiger partial charge is 0.341 e. The molecule has 0 aliphatic carbocycles. The Labute approximate surface area is 152 Å². The number of carbonyl (C=O) groups is 2. The fraction of sp³-hybridized carbons (Fsp3) is 0.421. The summed E-state index contributed by atoms with van der Waals surface area (Å²) in [5, 5.41) is 0. The van der Waals surface area contributed by atoms with Gasteiger partial charge in [-0.3, -0.25) is 9.59 Å². The Kier molecular flexibility index (Phi) is 5.35. The highest BCUT2D eigenvalue weighted by molar-refractivity contribution is 5.91. The van der Waals surface area contributed by atoms with Gasteiger partial charge in [0, 0.05) is 38.4 Å². The topological polar surface area (TPSA) is 69.3 Å². The Hall–Kier alpha value is -2.70. The van der Waals surface area contributed by atoms with E-state index >= 15 is 0 Å². The van der Waals surface area contributed by atoms with Gasteiger partial charge in [0.15, 0.2) is 5.82 Å². The smallest absolute Gasteiger partial charge is 0.289 e. The molecule has 7 heteroatoms. The predicted octanol–water partition coefficient (Wildman–Crippen LogP) is 2.45. The third-order valence-corrected chi connectivity index (χ3v) is 4.75. The number of nitrogens with one attached hydrogen (secondary N) is 1. The molecule has 0 unspecified atom stereocenters. The first-order valence-electron chi connectivity index (χ1n) is 8.78. The Bertz CT molecular complexity index is 758. The van der Waals surface area contributed by atoms with E-state index in [2.05, 4.69) is 9.97 Å². The highest BCUT2D eigenvalue weighted by Gasteiger charge is 2.34. The maximum atomic E-state index is 13.2. The van der Waals surface area contributed by atoms with Crippen LogP contribution in [0.5, 0.6) is 0 Å². The van der Waals surface area contributed by atoms with Gasteiger partial charge in [-0.25, -0.2) is 9.37 Å². The van der Waals surface area contributed by atoms with Gasteiger partial charge in [-0.1, -0.05) is 26.0 Å². The second-order valence-corrected chi connectivity index (χ2v) is 6.90. The zero-order valence-corrected chi connectivity index (χ0v) is 15.0. The molecule has 3 rings (SSSR count). The van der Waals surface area contributed by atoms with Gasteiger partial charge in [0.1, 0.15) is 5.82 Å². The fourth-order valence-corrected chi connectivity index (χ4v) is 3.25. The SMILES string of the molecule is CC(C)[C@H]1CN(C(=O)c2ncc[nH]2)CCC(=O)N1Cc1ccc(F)cc1. The molecule has 1 aromatic heterocycles. The molecule has 6 nitrogen and oxygen atoms in total. The Morgan fingerprint density at radius 2 is 2.08 bits per heavy atom. The van der Waals surface area contributed by atoms with Crippen LogP contribution in [0, 0.1) is 11.7 Å². The number of halogens is 1. The molecular weight excluding hydrogens is 335 g/mol. The lowest BCUT2D eigenvalue weighted by Gasteiger charge is -2.34. The van der Waals surface area contributed by atoms with E-state index in [0.29, 0.717) is 19.6 Å². The second-order valence-electron chi connectivity index (χ2n) is 6.90. The van der Waals surface area contributed by atoms with Crippen molar-refractivity contribution in [1.29, 1.82) is 0 Å². The first-order valence-corrected chi connectivity index (χ1v) is 8.78. The van der Waals surface area contributed by atoms with Crippen molar-refractivity contribution in [2.75, 3.05) is 13.1 Å². The van der Waals surface area contributed by atoms with E-state index in [0.717, 1.165) is 5.56 Å². The Balaban J connectivity index is 1.81. The van der Waals surface area contributed by atoms with Crippen LogP contribution in [0.4, 0.5) is 4.39 Å². The number of imidazole rings is 1. The number of hydrogen-bond acceptors (Lipinski definition) is 3. The van der Waals surface area contributed by atoms with Gasteiger partial charge in [0.2, 0.25) is 5.91 Å². The predicted molar refractivity (Wildman–Crippen MR) is 94.7 cm³/mol. The lowest BCUT2D eigenvalue weighted by Crippen LogP contribution is -2.47. The molecular formula is C19H23FN4O2. The van der Waals surface area contributed by atoms with Crippen molar-refractivity contribution in [2.45, 2.75) is 32.9 Å². The Morgan fingerprint density at radius 1 is 1.35 bits per heavy atom. The van der Waals surface area contributed by atoms with Crippen LogP contribution >= 0.6 is 0 Å². The minimum Gasteiger partial charge on any atom is -0.341 e. The number of amides is 2. The maximum Gasteiger partial charge on any atom is 0.289 e. The van der Waals surface area contributed by atoms with Crippen molar-refractivity contribution in [2.24, 2.45) is 5.92 Å². The van der Waals surface area contributed by atoms with Crippen LogP contribution < -0.4 is 0 Å².